The van der Waals surface area contributed by atoms with E-state index in [1.807, 2.05) is 12.1 Å². The number of hydrogen-bond donors (Lipinski definition) is 0. The first-order chi connectivity index (χ1) is 26.3. The van der Waals surface area contributed by atoms with Crippen LogP contribution >= 0.6 is 0 Å². The zero-order chi connectivity index (χ0) is 34.4. The topological polar surface area (TPSA) is 48.8 Å². The molecule has 13 rings (SSSR count). The van der Waals surface area contributed by atoms with Crippen LogP contribution in [0.4, 0.5) is 0 Å². The highest BCUT2D eigenvalue weighted by Crippen LogP contribution is 2.51. The Bertz CT molecular complexity index is 3570. The number of aromatic nitrogens is 4. The van der Waals surface area contributed by atoms with Gasteiger partial charge in [-0.1, -0.05) is 91.0 Å². The summed E-state index contributed by atoms with van der Waals surface area (Å²) in [5.41, 5.74) is 13.5. The Balaban J connectivity index is 1.18. The number of furan rings is 1. The van der Waals surface area contributed by atoms with Crippen molar-refractivity contribution in [2.24, 2.45) is 0 Å². The van der Waals surface area contributed by atoms with E-state index in [0.717, 1.165) is 66.9 Å². The maximum absolute atomic E-state index is 6.55. The largest absolute Gasteiger partial charge is 0.456 e. The second-order valence-corrected chi connectivity index (χ2v) is 14.1. The summed E-state index contributed by atoms with van der Waals surface area (Å²) in [6, 6.07) is 56.1. The molecular formula is C48H26N4O. The minimum atomic E-state index is 0.805. The Morgan fingerprint density at radius 2 is 1.09 bits per heavy atom. The number of hydrogen-bond acceptors (Lipinski definition) is 3. The lowest BCUT2D eigenvalue weighted by molar-refractivity contribution is 0.669. The molecule has 12 aromatic rings. The zero-order valence-corrected chi connectivity index (χ0v) is 28.2. The highest BCUT2D eigenvalue weighted by molar-refractivity contribution is 6.38. The van der Waals surface area contributed by atoms with Crippen molar-refractivity contribution in [3.05, 3.63) is 158 Å². The fraction of sp³-hybridized carbons (Fsp3) is 0. The van der Waals surface area contributed by atoms with Gasteiger partial charge in [0.25, 0.3) is 0 Å². The molecule has 0 saturated carbocycles. The molecule has 0 spiro atoms. The molecule has 0 amide bonds. The molecule has 244 valence electrons. The fourth-order valence-electron chi connectivity index (χ4n) is 9.27. The van der Waals surface area contributed by atoms with Gasteiger partial charge in [0.15, 0.2) is 5.82 Å². The Morgan fingerprint density at radius 3 is 1.98 bits per heavy atom. The van der Waals surface area contributed by atoms with Crippen molar-refractivity contribution in [1.29, 1.82) is 0 Å². The van der Waals surface area contributed by atoms with Crippen LogP contribution < -0.4 is 0 Å². The smallest absolute Gasteiger partial charge is 0.165 e. The average Bonchev–Trinajstić information content (AvgIpc) is 3.84. The molecule has 1 aliphatic carbocycles. The SMILES string of the molecule is c1ccc(-n2c3ccccc3c3cc(-c4nc5ccccc5nc4-n4c5ccc6cccc7c6c5c5c6c(ccc54)oc4cccc-7c46)ccc32)cc1. The molecule has 0 aliphatic heterocycles. The standard InChI is InChI=1S/C48H26N4O/c1-2-11-29(12-3-1)51-36-18-7-4-13-30(36)33-26-28(21-22-37(33)51)47-48(50-35-17-6-5-16-34(35)49-47)52-38-23-20-27-10-8-14-31-32-15-9-19-40-43(32)46-41(53-40)25-24-39(52)45(46)44(38)42(27)31/h1-26H. The molecule has 0 unspecified atom stereocenters. The molecular weight excluding hydrogens is 649 g/mol. The van der Waals surface area contributed by atoms with E-state index in [1.54, 1.807) is 0 Å². The maximum Gasteiger partial charge on any atom is 0.165 e. The van der Waals surface area contributed by atoms with Gasteiger partial charge in [0.2, 0.25) is 0 Å². The molecule has 0 saturated heterocycles. The maximum atomic E-state index is 6.55. The van der Waals surface area contributed by atoms with E-state index >= 15 is 0 Å². The number of para-hydroxylation sites is 4. The highest BCUT2D eigenvalue weighted by Gasteiger charge is 2.28. The van der Waals surface area contributed by atoms with E-state index < -0.39 is 0 Å². The van der Waals surface area contributed by atoms with Gasteiger partial charge in [-0.15, -0.1) is 0 Å². The predicted molar refractivity (Wildman–Crippen MR) is 217 cm³/mol. The number of nitrogens with zero attached hydrogens (tertiary/aromatic N) is 4. The van der Waals surface area contributed by atoms with Gasteiger partial charge in [0.1, 0.15) is 16.9 Å². The second kappa shape index (κ2) is 9.75. The molecule has 0 N–H and O–H groups in total. The van der Waals surface area contributed by atoms with Crippen LogP contribution in [0.25, 0.3) is 121 Å². The lowest BCUT2D eigenvalue weighted by Crippen LogP contribution is -2.04. The molecule has 0 fully saturated rings. The normalized spacial score (nSPS) is 12.5. The fourth-order valence-corrected chi connectivity index (χ4v) is 9.27. The molecule has 8 aromatic carbocycles. The highest BCUT2D eigenvalue weighted by atomic mass is 16.3. The van der Waals surface area contributed by atoms with E-state index in [-0.39, 0.29) is 0 Å². The monoisotopic (exact) mass is 674 g/mol. The first-order valence-corrected chi connectivity index (χ1v) is 18.0. The van der Waals surface area contributed by atoms with E-state index in [1.165, 1.54) is 54.3 Å². The molecule has 53 heavy (non-hydrogen) atoms. The molecule has 4 aromatic heterocycles. The minimum absolute atomic E-state index is 0.805. The summed E-state index contributed by atoms with van der Waals surface area (Å²) < 4.78 is 11.2. The van der Waals surface area contributed by atoms with Gasteiger partial charge in [-0.05, 0) is 88.6 Å². The van der Waals surface area contributed by atoms with Crippen molar-refractivity contribution in [3.63, 3.8) is 0 Å². The van der Waals surface area contributed by atoms with Crippen LogP contribution in [-0.2, 0) is 0 Å². The molecule has 1 aliphatic rings. The molecule has 0 atom stereocenters. The Labute approximate surface area is 301 Å². The summed E-state index contributed by atoms with van der Waals surface area (Å²) >= 11 is 0. The molecule has 5 nitrogen and oxygen atoms in total. The van der Waals surface area contributed by atoms with Crippen LogP contribution in [0.3, 0.4) is 0 Å². The Kier molecular flexibility index (Phi) is 5.06. The summed E-state index contributed by atoms with van der Waals surface area (Å²) in [6.45, 7) is 0. The predicted octanol–water partition coefficient (Wildman–Crippen LogP) is 12.5. The minimum Gasteiger partial charge on any atom is -0.456 e. The van der Waals surface area contributed by atoms with Gasteiger partial charge in [0.05, 0.1) is 33.1 Å². The summed E-state index contributed by atoms with van der Waals surface area (Å²) in [5, 5.41) is 9.60. The van der Waals surface area contributed by atoms with E-state index in [0.29, 0.717) is 0 Å². The summed E-state index contributed by atoms with van der Waals surface area (Å²) in [4.78, 5) is 10.9. The molecule has 0 radical (unpaired) electrons. The van der Waals surface area contributed by atoms with Crippen LogP contribution in [0.15, 0.2) is 162 Å². The molecule has 0 bridgehead atoms. The molecule has 5 heteroatoms. The van der Waals surface area contributed by atoms with Crippen LogP contribution in [0, 0.1) is 0 Å². The first kappa shape index (κ1) is 27.5. The van der Waals surface area contributed by atoms with Crippen molar-refractivity contribution < 1.29 is 4.42 Å². The van der Waals surface area contributed by atoms with Crippen LogP contribution in [0.5, 0.6) is 0 Å². The van der Waals surface area contributed by atoms with Crippen molar-refractivity contribution in [1.82, 2.24) is 19.1 Å². The third kappa shape index (κ3) is 3.46. The van der Waals surface area contributed by atoms with Crippen LogP contribution in [0.1, 0.15) is 0 Å². The van der Waals surface area contributed by atoms with Gasteiger partial charge >= 0.3 is 0 Å². The summed E-state index contributed by atoms with van der Waals surface area (Å²) in [6.07, 6.45) is 0. The average molecular weight is 675 g/mol. The quantitative estimate of drug-likeness (QED) is 0.187. The Hall–Kier alpha value is -7.24. The van der Waals surface area contributed by atoms with E-state index in [9.17, 15) is 0 Å². The first-order valence-electron chi connectivity index (χ1n) is 18.0. The van der Waals surface area contributed by atoms with Crippen molar-refractivity contribution in [2.45, 2.75) is 0 Å². The molecule has 4 heterocycles. The van der Waals surface area contributed by atoms with Gasteiger partial charge in [0, 0.05) is 43.6 Å². The van der Waals surface area contributed by atoms with Crippen molar-refractivity contribution >= 4 is 87.4 Å². The van der Waals surface area contributed by atoms with Gasteiger partial charge in [-0.3, -0.25) is 4.57 Å². The van der Waals surface area contributed by atoms with Gasteiger partial charge < -0.3 is 8.98 Å². The van der Waals surface area contributed by atoms with Crippen molar-refractivity contribution in [2.75, 3.05) is 0 Å². The summed E-state index contributed by atoms with van der Waals surface area (Å²) in [5.74, 6) is 0.805. The van der Waals surface area contributed by atoms with E-state index in [4.69, 9.17) is 14.4 Å². The lowest BCUT2D eigenvalue weighted by atomic mass is 9.95. The van der Waals surface area contributed by atoms with Crippen LogP contribution in [0.2, 0.25) is 0 Å². The third-order valence-electron chi connectivity index (χ3n) is 11.4. The van der Waals surface area contributed by atoms with Crippen molar-refractivity contribution in [3.8, 4) is 33.9 Å². The summed E-state index contributed by atoms with van der Waals surface area (Å²) in [7, 11) is 0. The Morgan fingerprint density at radius 1 is 0.415 bits per heavy atom. The number of rotatable bonds is 3. The number of fused-ring (bicyclic) bond motifs is 5. The second-order valence-electron chi connectivity index (χ2n) is 14.1. The van der Waals surface area contributed by atoms with Gasteiger partial charge in [-0.25, -0.2) is 9.97 Å². The van der Waals surface area contributed by atoms with E-state index in [2.05, 4.69) is 155 Å². The van der Waals surface area contributed by atoms with Gasteiger partial charge in [-0.2, -0.15) is 0 Å². The number of benzene rings is 8. The lowest BCUT2D eigenvalue weighted by Gasteiger charge is -2.15. The zero-order valence-electron chi connectivity index (χ0n) is 28.2. The van der Waals surface area contributed by atoms with Crippen LogP contribution in [-0.4, -0.2) is 19.1 Å². The third-order valence-corrected chi connectivity index (χ3v) is 11.4.